The number of fused-ring (bicyclic) bond motifs is 1. The van der Waals surface area contributed by atoms with Crippen molar-refractivity contribution in [2.75, 3.05) is 13.1 Å². The quantitative estimate of drug-likeness (QED) is 0.409. The highest BCUT2D eigenvalue weighted by atomic mass is 35.5. The van der Waals surface area contributed by atoms with Crippen LogP contribution in [0.5, 0.6) is 0 Å². The number of benzene rings is 1. The van der Waals surface area contributed by atoms with Crippen LogP contribution in [0.4, 0.5) is 5.69 Å². The Morgan fingerprint density at radius 1 is 1.37 bits per heavy atom. The number of nitrogens with zero attached hydrogens (tertiary/aromatic N) is 2. The first kappa shape index (κ1) is 21.7. The Balaban J connectivity index is 1.50. The number of hydrogen-bond acceptors (Lipinski definition) is 7. The van der Waals surface area contributed by atoms with Crippen LogP contribution in [0, 0.1) is 10.1 Å². The number of hydrogen-bond donors (Lipinski definition) is 1. The van der Waals surface area contributed by atoms with E-state index in [9.17, 15) is 24.5 Å². The van der Waals surface area contributed by atoms with Gasteiger partial charge in [-0.25, -0.2) is 0 Å². The third-order valence-electron chi connectivity index (χ3n) is 4.57. The third-order valence-corrected chi connectivity index (χ3v) is 5.92. The van der Waals surface area contributed by atoms with Crippen molar-refractivity contribution in [3.63, 3.8) is 0 Å². The molecule has 9 nitrogen and oxygen atoms in total. The van der Waals surface area contributed by atoms with Gasteiger partial charge in [-0.05, 0) is 42.5 Å². The van der Waals surface area contributed by atoms with E-state index in [1.807, 2.05) is 11.4 Å². The first-order valence-electron chi connectivity index (χ1n) is 9.02. The number of nitrogens with one attached hydrogen (secondary N) is 1. The fourth-order valence-electron chi connectivity index (χ4n) is 3.03. The van der Waals surface area contributed by atoms with Crippen molar-refractivity contribution in [2.45, 2.75) is 26.0 Å². The summed E-state index contributed by atoms with van der Waals surface area (Å²) in [5.41, 5.74) is 0.659. The van der Waals surface area contributed by atoms with Crippen LogP contribution in [-0.2, 0) is 27.3 Å². The van der Waals surface area contributed by atoms with Gasteiger partial charge in [-0.2, -0.15) is 0 Å². The number of nitro groups is 1. The van der Waals surface area contributed by atoms with Crippen LogP contribution < -0.4 is 5.32 Å². The summed E-state index contributed by atoms with van der Waals surface area (Å²) in [7, 11) is 0. The molecular weight excluding hydrogens is 434 g/mol. The monoisotopic (exact) mass is 451 g/mol. The second kappa shape index (κ2) is 9.23. The zero-order valence-corrected chi connectivity index (χ0v) is 17.5. The van der Waals surface area contributed by atoms with Crippen LogP contribution in [-0.4, -0.2) is 46.8 Å². The Hall–Kier alpha value is -2.98. The van der Waals surface area contributed by atoms with Gasteiger partial charge in [0.25, 0.3) is 17.5 Å². The molecule has 1 unspecified atom stereocenters. The van der Waals surface area contributed by atoms with Crippen molar-refractivity contribution >= 4 is 46.4 Å². The van der Waals surface area contributed by atoms with Crippen LogP contribution >= 0.6 is 22.9 Å². The molecule has 0 aliphatic carbocycles. The number of rotatable bonds is 6. The maximum absolute atomic E-state index is 12.5. The molecule has 158 valence electrons. The first-order valence-corrected chi connectivity index (χ1v) is 10.3. The molecule has 0 saturated heterocycles. The molecule has 1 aromatic heterocycles. The second-order valence-corrected chi connectivity index (χ2v) is 8.02. The van der Waals surface area contributed by atoms with E-state index in [0.29, 0.717) is 13.1 Å². The summed E-state index contributed by atoms with van der Waals surface area (Å²) in [5.74, 6) is -1.80. The average Bonchev–Trinajstić information content (AvgIpc) is 3.19. The zero-order chi connectivity index (χ0) is 21.8. The molecule has 1 aliphatic heterocycles. The Morgan fingerprint density at radius 2 is 2.13 bits per heavy atom. The van der Waals surface area contributed by atoms with E-state index in [2.05, 4.69) is 5.32 Å². The lowest BCUT2D eigenvalue weighted by atomic mass is 10.1. The molecule has 3 rings (SSSR count). The molecule has 2 heterocycles. The molecule has 2 amide bonds. The van der Waals surface area contributed by atoms with Gasteiger partial charge in [-0.15, -0.1) is 11.3 Å². The minimum absolute atomic E-state index is 0.0251. The Labute approximate surface area is 180 Å². The van der Waals surface area contributed by atoms with E-state index in [1.54, 1.807) is 16.2 Å². The number of halogens is 1. The lowest BCUT2D eigenvalue weighted by molar-refractivity contribution is -0.384. The fourth-order valence-corrected chi connectivity index (χ4v) is 4.11. The van der Waals surface area contributed by atoms with Crippen LogP contribution in [0.25, 0.3) is 0 Å². The number of esters is 1. The van der Waals surface area contributed by atoms with Gasteiger partial charge in [-0.3, -0.25) is 24.5 Å². The Bertz CT molecular complexity index is 1010. The molecule has 1 atom stereocenters. The lowest BCUT2D eigenvalue weighted by Crippen LogP contribution is -2.43. The van der Waals surface area contributed by atoms with Crippen LogP contribution in [0.15, 0.2) is 29.6 Å². The number of amides is 2. The van der Waals surface area contributed by atoms with Crippen molar-refractivity contribution in [2.24, 2.45) is 0 Å². The summed E-state index contributed by atoms with van der Waals surface area (Å²) >= 11 is 7.37. The predicted molar refractivity (Wildman–Crippen MR) is 109 cm³/mol. The highest BCUT2D eigenvalue weighted by Gasteiger charge is 2.27. The summed E-state index contributed by atoms with van der Waals surface area (Å²) < 4.78 is 5.13. The molecule has 0 fully saturated rings. The Morgan fingerprint density at radius 3 is 2.87 bits per heavy atom. The van der Waals surface area contributed by atoms with Crippen LogP contribution in [0.1, 0.15) is 27.7 Å². The molecule has 1 aromatic carbocycles. The lowest BCUT2D eigenvalue weighted by Gasteiger charge is -2.29. The van der Waals surface area contributed by atoms with Crippen molar-refractivity contribution in [1.29, 1.82) is 0 Å². The number of ether oxygens (including phenoxy) is 1. The summed E-state index contributed by atoms with van der Waals surface area (Å²) in [5, 5.41) is 15.1. The van der Waals surface area contributed by atoms with E-state index < -0.39 is 35.1 Å². The highest BCUT2D eigenvalue weighted by molar-refractivity contribution is 7.10. The SMILES string of the molecule is CC(OC(=O)CNC(=O)c1ccc(Cl)c([N+](=O)[O-])c1)C(=O)N1CCc2sccc2C1. The van der Waals surface area contributed by atoms with Gasteiger partial charge in [0.05, 0.1) is 4.92 Å². The van der Waals surface area contributed by atoms with E-state index in [-0.39, 0.29) is 16.5 Å². The van der Waals surface area contributed by atoms with Gasteiger partial charge in [0.1, 0.15) is 11.6 Å². The zero-order valence-electron chi connectivity index (χ0n) is 15.9. The second-order valence-electron chi connectivity index (χ2n) is 6.62. The topological polar surface area (TPSA) is 119 Å². The van der Waals surface area contributed by atoms with E-state index in [4.69, 9.17) is 16.3 Å². The minimum Gasteiger partial charge on any atom is -0.451 e. The predicted octanol–water partition coefficient (Wildman–Crippen LogP) is 2.56. The molecule has 0 radical (unpaired) electrons. The Kier molecular flexibility index (Phi) is 6.68. The van der Waals surface area contributed by atoms with E-state index in [1.165, 1.54) is 23.9 Å². The van der Waals surface area contributed by atoms with Gasteiger partial charge in [0.15, 0.2) is 6.10 Å². The summed E-state index contributed by atoms with van der Waals surface area (Å²) in [6.07, 6.45) is -0.228. The number of carbonyl (C=O) groups is 3. The standard InChI is InChI=1S/C19H18ClN3O6S/c1-11(19(26)22-6-4-16-13(10-22)5-7-30-16)29-17(24)9-21-18(25)12-2-3-14(20)15(8-12)23(27)28/h2-3,5,7-8,11H,4,6,9-10H2,1H3,(H,21,25). The molecule has 11 heteroatoms. The van der Waals surface area contributed by atoms with Crippen molar-refractivity contribution in [1.82, 2.24) is 10.2 Å². The van der Waals surface area contributed by atoms with Gasteiger partial charge >= 0.3 is 5.97 Å². The van der Waals surface area contributed by atoms with Crippen molar-refractivity contribution in [3.8, 4) is 0 Å². The van der Waals surface area contributed by atoms with Gasteiger partial charge in [0, 0.05) is 29.6 Å². The molecule has 2 aromatic rings. The van der Waals surface area contributed by atoms with E-state index >= 15 is 0 Å². The molecule has 0 saturated carbocycles. The van der Waals surface area contributed by atoms with Crippen LogP contribution in [0.2, 0.25) is 5.02 Å². The molecule has 1 N–H and O–H groups in total. The summed E-state index contributed by atoms with van der Waals surface area (Å²) in [6, 6.07) is 5.53. The van der Waals surface area contributed by atoms with Crippen molar-refractivity contribution < 1.29 is 24.0 Å². The first-order chi connectivity index (χ1) is 14.3. The normalized spacial score (nSPS) is 13.9. The van der Waals surface area contributed by atoms with Crippen LogP contribution in [0.3, 0.4) is 0 Å². The third kappa shape index (κ3) is 4.95. The number of thiophene rings is 1. The molecule has 1 aliphatic rings. The number of carbonyl (C=O) groups excluding carboxylic acids is 3. The molecular formula is C19H18ClN3O6S. The maximum atomic E-state index is 12.5. The van der Waals surface area contributed by atoms with Crippen molar-refractivity contribution in [3.05, 3.63) is 60.8 Å². The van der Waals surface area contributed by atoms with Gasteiger partial charge in [0.2, 0.25) is 0 Å². The fraction of sp³-hybridized carbons (Fsp3) is 0.316. The summed E-state index contributed by atoms with van der Waals surface area (Å²) in [6.45, 7) is 2.03. The average molecular weight is 452 g/mol. The number of nitro benzene ring substituents is 1. The highest BCUT2D eigenvalue weighted by Crippen LogP contribution is 2.25. The van der Waals surface area contributed by atoms with Gasteiger partial charge < -0.3 is 15.0 Å². The minimum atomic E-state index is -0.994. The molecule has 0 bridgehead atoms. The molecule has 30 heavy (non-hydrogen) atoms. The van der Waals surface area contributed by atoms with Gasteiger partial charge in [-0.1, -0.05) is 11.6 Å². The smallest absolute Gasteiger partial charge is 0.326 e. The summed E-state index contributed by atoms with van der Waals surface area (Å²) in [4.78, 5) is 49.8. The maximum Gasteiger partial charge on any atom is 0.326 e. The largest absolute Gasteiger partial charge is 0.451 e. The van der Waals surface area contributed by atoms with E-state index in [0.717, 1.165) is 18.1 Å². The molecule has 0 spiro atoms.